The topological polar surface area (TPSA) is 97.1 Å². The normalized spacial score (nSPS) is 17.9. The summed E-state index contributed by atoms with van der Waals surface area (Å²) in [5, 5.41) is 4.61. The van der Waals surface area contributed by atoms with Crippen LogP contribution in [0.15, 0.2) is 60.1 Å². The quantitative estimate of drug-likeness (QED) is 0.338. The zero-order valence-corrected chi connectivity index (χ0v) is 22.6. The molecule has 0 amide bonds. The molecule has 1 aliphatic heterocycles. The third kappa shape index (κ3) is 4.47. The Balaban J connectivity index is 1.48. The lowest BCUT2D eigenvalue weighted by Crippen LogP contribution is -2.33. The number of fused-ring (bicyclic) bond motifs is 3. The molecule has 0 saturated heterocycles. The molecule has 0 bridgehead atoms. The molecular weight excluding hydrogens is 496 g/mol. The minimum Gasteiger partial charge on any atom is -0.493 e. The van der Waals surface area contributed by atoms with E-state index in [0.717, 1.165) is 16.9 Å². The number of carbonyl (C=O) groups excluding carboxylic acids is 1. The molecule has 9 heteroatoms. The molecule has 3 heterocycles. The van der Waals surface area contributed by atoms with Gasteiger partial charge >= 0.3 is 0 Å². The summed E-state index contributed by atoms with van der Waals surface area (Å²) < 4.78 is 24.9. The maximum Gasteiger partial charge on any atom is 0.228 e. The molecule has 200 valence electrons. The van der Waals surface area contributed by atoms with E-state index in [2.05, 4.69) is 23.9 Å². The molecule has 2 aromatic heterocycles. The number of aromatic nitrogens is 4. The summed E-state index contributed by atoms with van der Waals surface area (Å²) in [6, 6.07) is 13.5. The van der Waals surface area contributed by atoms with Gasteiger partial charge in [-0.25, -0.2) is 14.5 Å². The second-order valence-electron chi connectivity index (χ2n) is 10.8. The number of carbonyl (C=O) groups is 1. The van der Waals surface area contributed by atoms with Crippen molar-refractivity contribution >= 4 is 11.4 Å². The van der Waals surface area contributed by atoms with Crippen molar-refractivity contribution in [2.75, 3.05) is 14.2 Å². The van der Waals surface area contributed by atoms with Crippen molar-refractivity contribution in [2.24, 2.45) is 5.41 Å². The minimum absolute atomic E-state index is 0.0520. The van der Waals surface area contributed by atoms with Crippen LogP contribution in [-0.4, -0.2) is 39.6 Å². The van der Waals surface area contributed by atoms with E-state index in [1.807, 2.05) is 49.4 Å². The van der Waals surface area contributed by atoms with Gasteiger partial charge in [-0.1, -0.05) is 37.6 Å². The van der Waals surface area contributed by atoms with E-state index in [1.165, 1.54) is 0 Å². The van der Waals surface area contributed by atoms with Gasteiger partial charge in [-0.2, -0.15) is 0 Å². The molecule has 0 radical (unpaired) electrons. The second-order valence-corrected chi connectivity index (χ2v) is 10.8. The van der Waals surface area contributed by atoms with Gasteiger partial charge in [0.1, 0.15) is 24.4 Å². The van der Waals surface area contributed by atoms with E-state index in [-0.39, 0.29) is 17.8 Å². The van der Waals surface area contributed by atoms with Crippen LogP contribution in [0.1, 0.15) is 55.1 Å². The van der Waals surface area contributed by atoms with Crippen molar-refractivity contribution in [1.29, 1.82) is 0 Å². The van der Waals surface area contributed by atoms with Crippen LogP contribution in [0.3, 0.4) is 0 Å². The molecular formula is C30H30N4O5. The Hall–Kier alpha value is -4.40. The van der Waals surface area contributed by atoms with Crippen LogP contribution in [0.2, 0.25) is 0 Å². The van der Waals surface area contributed by atoms with Crippen LogP contribution in [0.4, 0.5) is 0 Å². The lowest BCUT2D eigenvalue weighted by molar-refractivity contribution is -0.118. The molecule has 0 saturated carbocycles. The molecule has 39 heavy (non-hydrogen) atoms. The smallest absolute Gasteiger partial charge is 0.228 e. The Morgan fingerprint density at radius 2 is 1.82 bits per heavy atom. The molecule has 1 atom stereocenters. The fraction of sp³-hybridized carbons (Fsp3) is 0.333. The molecule has 9 nitrogen and oxygen atoms in total. The number of ether oxygens (including phenoxy) is 4. The van der Waals surface area contributed by atoms with Crippen molar-refractivity contribution in [1.82, 2.24) is 19.6 Å². The van der Waals surface area contributed by atoms with E-state index in [1.54, 1.807) is 25.1 Å². The van der Waals surface area contributed by atoms with Crippen molar-refractivity contribution in [3.8, 4) is 23.1 Å². The zero-order valence-electron chi connectivity index (χ0n) is 22.6. The number of hydrogen-bond donors (Lipinski definition) is 0. The fourth-order valence-corrected chi connectivity index (χ4v) is 5.40. The van der Waals surface area contributed by atoms with Gasteiger partial charge in [0, 0.05) is 18.4 Å². The average Bonchev–Trinajstić information content (AvgIpc) is 3.34. The van der Waals surface area contributed by atoms with Crippen molar-refractivity contribution in [2.45, 2.75) is 46.1 Å². The van der Waals surface area contributed by atoms with Gasteiger partial charge in [0.05, 0.1) is 25.7 Å². The summed E-state index contributed by atoms with van der Waals surface area (Å²) in [6.45, 7) is 6.37. The first kappa shape index (κ1) is 24.9. The Kier molecular flexibility index (Phi) is 6.01. The number of Topliss-reactive ketones (excluding diaryl/α,β-unsaturated/α-hetero) is 1. The number of hydrogen-bond acceptors (Lipinski definition) is 8. The van der Waals surface area contributed by atoms with Gasteiger partial charge in [-0.05, 0) is 42.2 Å². The van der Waals surface area contributed by atoms with Crippen LogP contribution in [-0.2, 0) is 11.4 Å². The first-order valence-corrected chi connectivity index (χ1v) is 12.9. The summed E-state index contributed by atoms with van der Waals surface area (Å²) in [4.78, 5) is 23.1. The lowest BCUT2D eigenvalue weighted by atomic mass is 9.70. The predicted octanol–water partition coefficient (Wildman–Crippen LogP) is 5.20. The van der Waals surface area contributed by atoms with Crippen LogP contribution in [0, 0.1) is 12.3 Å². The maximum atomic E-state index is 13.7. The van der Waals surface area contributed by atoms with Crippen molar-refractivity contribution in [3.63, 3.8) is 0 Å². The standard InChI is InChI=1S/C30H30N4O5/c1-17-6-9-19(10-7-17)38-15-24-32-28-27-25(18-8-11-21(36-4)22(12-18)37-5)26-20(35)13-30(2,3)14-23(26)39-29(27)31-16-34(28)33-24/h6-12,16,25H,13-15H2,1-5H3/t25-/m1/s1. The first-order valence-electron chi connectivity index (χ1n) is 12.9. The van der Waals surface area contributed by atoms with Crippen LogP contribution in [0.25, 0.3) is 5.65 Å². The summed E-state index contributed by atoms with van der Waals surface area (Å²) in [5.41, 5.74) is 3.67. The van der Waals surface area contributed by atoms with Gasteiger partial charge in [0.2, 0.25) is 5.88 Å². The van der Waals surface area contributed by atoms with E-state index in [0.29, 0.717) is 58.6 Å². The molecule has 2 aliphatic rings. The Morgan fingerprint density at radius 3 is 2.56 bits per heavy atom. The molecule has 6 rings (SSSR count). The highest BCUT2D eigenvalue weighted by Crippen LogP contribution is 2.51. The highest BCUT2D eigenvalue weighted by Gasteiger charge is 2.44. The summed E-state index contributed by atoms with van der Waals surface area (Å²) >= 11 is 0. The molecule has 1 aliphatic carbocycles. The number of ketones is 1. The van der Waals surface area contributed by atoms with Gasteiger partial charge in [-0.3, -0.25) is 4.79 Å². The number of nitrogens with zero attached hydrogens (tertiary/aromatic N) is 4. The van der Waals surface area contributed by atoms with Crippen LogP contribution in [0.5, 0.6) is 23.1 Å². The molecule has 0 spiro atoms. The SMILES string of the molecule is COc1ccc([C@@H]2C3=C(CC(C)(C)CC3=O)Oc3ncn4nc(COc5ccc(C)cc5)nc4c32)cc1OC. The predicted molar refractivity (Wildman–Crippen MR) is 143 cm³/mol. The average molecular weight is 527 g/mol. The molecule has 2 aromatic carbocycles. The van der Waals surface area contributed by atoms with Crippen LogP contribution < -0.4 is 18.9 Å². The highest BCUT2D eigenvalue weighted by atomic mass is 16.5. The van der Waals surface area contributed by atoms with Crippen molar-refractivity contribution in [3.05, 3.63) is 82.6 Å². The van der Waals surface area contributed by atoms with E-state index in [4.69, 9.17) is 23.9 Å². The van der Waals surface area contributed by atoms with E-state index >= 15 is 0 Å². The summed E-state index contributed by atoms with van der Waals surface area (Å²) in [5.74, 6) is 3.07. The highest BCUT2D eigenvalue weighted by molar-refractivity contribution is 6.00. The number of benzene rings is 2. The second kappa shape index (κ2) is 9.41. The summed E-state index contributed by atoms with van der Waals surface area (Å²) in [7, 11) is 3.19. The number of methoxy groups -OCH3 is 2. The summed E-state index contributed by atoms with van der Waals surface area (Å²) in [6.07, 6.45) is 2.64. The maximum absolute atomic E-state index is 13.7. The lowest BCUT2D eigenvalue weighted by Gasteiger charge is -2.37. The number of aryl methyl sites for hydroxylation is 1. The van der Waals surface area contributed by atoms with Gasteiger partial charge < -0.3 is 18.9 Å². The largest absolute Gasteiger partial charge is 0.493 e. The monoisotopic (exact) mass is 526 g/mol. The Bertz CT molecular complexity index is 1620. The first-order chi connectivity index (χ1) is 18.8. The van der Waals surface area contributed by atoms with Gasteiger partial charge in [-0.15, -0.1) is 5.10 Å². The van der Waals surface area contributed by atoms with Crippen molar-refractivity contribution < 1.29 is 23.7 Å². The molecule has 0 fully saturated rings. The van der Waals surface area contributed by atoms with E-state index in [9.17, 15) is 4.79 Å². The fourth-order valence-electron chi connectivity index (χ4n) is 5.40. The number of rotatable bonds is 6. The van der Waals surface area contributed by atoms with E-state index < -0.39 is 5.92 Å². The van der Waals surface area contributed by atoms with Gasteiger partial charge in [0.25, 0.3) is 0 Å². The molecule has 0 N–H and O–H groups in total. The third-order valence-electron chi connectivity index (χ3n) is 7.24. The molecule has 4 aromatic rings. The van der Waals surface area contributed by atoms with Gasteiger partial charge in [0.15, 0.2) is 28.8 Å². The zero-order chi connectivity index (χ0) is 27.3. The minimum atomic E-state index is -0.460. The number of allylic oxidation sites excluding steroid dienone is 2. The third-order valence-corrected chi connectivity index (χ3v) is 7.24. The van der Waals surface area contributed by atoms with Crippen LogP contribution >= 0.6 is 0 Å². The molecule has 0 unspecified atom stereocenters. The Labute approximate surface area is 226 Å². The Morgan fingerprint density at radius 1 is 1.05 bits per heavy atom.